The van der Waals surface area contributed by atoms with Gasteiger partial charge in [0.2, 0.25) is 0 Å². The minimum absolute atomic E-state index is 0.0993. The largest absolute Gasteiger partial charge is 0.508 e. The van der Waals surface area contributed by atoms with Crippen molar-refractivity contribution in [3.05, 3.63) is 66.0 Å². The van der Waals surface area contributed by atoms with Crippen LogP contribution in [0.1, 0.15) is 12.8 Å². The lowest BCUT2D eigenvalue weighted by atomic mass is 10.0. The Morgan fingerprint density at radius 2 is 1.96 bits per heavy atom. The number of hydrogen-bond acceptors (Lipinski definition) is 4. The van der Waals surface area contributed by atoms with Crippen molar-refractivity contribution in [1.82, 2.24) is 15.1 Å². The number of carbonyl (C=O) groups excluding carboxylic acids is 1. The van der Waals surface area contributed by atoms with Crippen molar-refractivity contribution in [2.24, 2.45) is 0 Å². The number of fused-ring (bicyclic) bond motifs is 1. The maximum absolute atomic E-state index is 12.9. The van der Waals surface area contributed by atoms with Gasteiger partial charge in [0, 0.05) is 30.8 Å². The molecule has 0 saturated carbocycles. The molecule has 3 N–H and O–H groups in total. The van der Waals surface area contributed by atoms with Crippen LogP contribution < -0.4 is 5.32 Å². The predicted molar refractivity (Wildman–Crippen MR) is 111 cm³/mol. The van der Waals surface area contributed by atoms with Crippen LogP contribution in [0.3, 0.4) is 0 Å². The zero-order valence-electron chi connectivity index (χ0n) is 15.9. The number of allylic oxidation sites excluding steroid dienone is 2. The highest BCUT2D eigenvalue weighted by molar-refractivity contribution is 6.09. The quantitative estimate of drug-likeness (QED) is 0.644. The highest BCUT2D eigenvalue weighted by Gasteiger charge is 2.16. The number of anilines is 1. The van der Waals surface area contributed by atoms with Gasteiger partial charge in [-0.05, 0) is 54.3 Å². The molecule has 0 fully saturated rings. The van der Waals surface area contributed by atoms with E-state index in [1.807, 2.05) is 49.3 Å². The lowest BCUT2D eigenvalue weighted by molar-refractivity contribution is -0.113. The third-order valence-electron chi connectivity index (χ3n) is 4.90. The first kappa shape index (κ1) is 17.9. The van der Waals surface area contributed by atoms with Crippen molar-refractivity contribution in [2.75, 3.05) is 19.4 Å². The lowest BCUT2D eigenvalue weighted by Gasteiger charge is -2.20. The summed E-state index contributed by atoms with van der Waals surface area (Å²) in [6.45, 7) is 0. The SMILES string of the molecule is CN(C)C1=CCCC(C(=O)Nc2cc(-c3ccc(O)cc3)cc3[nH]ncc23)=C1. The van der Waals surface area contributed by atoms with Gasteiger partial charge in [-0.15, -0.1) is 0 Å². The minimum Gasteiger partial charge on any atom is -0.508 e. The van der Waals surface area contributed by atoms with E-state index in [0.29, 0.717) is 5.69 Å². The van der Waals surface area contributed by atoms with Crippen LogP contribution in [-0.4, -0.2) is 40.2 Å². The van der Waals surface area contributed by atoms with Crippen LogP contribution >= 0.6 is 0 Å². The summed E-state index contributed by atoms with van der Waals surface area (Å²) in [6.07, 6.45) is 7.36. The van der Waals surface area contributed by atoms with Crippen LogP contribution in [0.4, 0.5) is 5.69 Å². The number of amides is 1. The number of aromatic amines is 1. The second-order valence-corrected chi connectivity index (χ2v) is 7.09. The van der Waals surface area contributed by atoms with E-state index >= 15 is 0 Å². The summed E-state index contributed by atoms with van der Waals surface area (Å²) in [5.41, 5.74) is 5.23. The molecule has 4 rings (SSSR count). The van der Waals surface area contributed by atoms with Crippen LogP contribution in [0.2, 0.25) is 0 Å². The van der Waals surface area contributed by atoms with Crippen LogP contribution in [0.15, 0.2) is 66.0 Å². The average Bonchev–Trinajstić information content (AvgIpc) is 3.17. The molecular formula is C22H22N4O2. The van der Waals surface area contributed by atoms with Gasteiger partial charge in [0.05, 0.1) is 17.4 Å². The van der Waals surface area contributed by atoms with E-state index in [0.717, 1.165) is 46.1 Å². The molecule has 0 unspecified atom stereocenters. The van der Waals surface area contributed by atoms with Crippen LogP contribution in [0.5, 0.6) is 5.75 Å². The summed E-state index contributed by atoms with van der Waals surface area (Å²) in [7, 11) is 3.94. The number of aromatic nitrogens is 2. The Morgan fingerprint density at radius 3 is 2.71 bits per heavy atom. The molecular weight excluding hydrogens is 352 g/mol. The molecule has 2 aromatic carbocycles. The van der Waals surface area contributed by atoms with Gasteiger partial charge in [-0.25, -0.2) is 0 Å². The van der Waals surface area contributed by atoms with Crippen molar-refractivity contribution < 1.29 is 9.90 Å². The minimum atomic E-state index is -0.0993. The highest BCUT2D eigenvalue weighted by Crippen LogP contribution is 2.31. The number of rotatable bonds is 4. The van der Waals surface area contributed by atoms with E-state index in [2.05, 4.69) is 21.6 Å². The van der Waals surface area contributed by atoms with E-state index in [9.17, 15) is 9.90 Å². The molecule has 6 nitrogen and oxygen atoms in total. The van der Waals surface area contributed by atoms with Crippen LogP contribution in [0, 0.1) is 0 Å². The summed E-state index contributed by atoms with van der Waals surface area (Å²) < 4.78 is 0. The Hall–Kier alpha value is -3.54. The first-order valence-electron chi connectivity index (χ1n) is 9.17. The van der Waals surface area contributed by atoms with Gasteiger partial charge in [-0.2, -0.15) is 5.10 Å². The maximum Gasteiger partial charge on any atom is 0.251 e. The smallest absolute Gasteiger partial charge is 0.251 e. The number of hydrogen-bond donors (Lipinski definition) is 3. The van der Waals surface area contributed by atoms with Crippen molar-refractivity contribution in [1.29, 1.82) is 0 Å². The normalized spacial score (nSPS) is 13.8. The fourth-order valence-corrected chi connectivity index (χ4v) is 3.35. The Balaban J connectivity index is 1.68. The monoisotopic (exact) mass is 374 g/mol. The summed E-state index contributed by atoms with van der Waals surface area (Å²) >= 11 is 0. The summed E-state index contributed by atoms with van der Waals surface area (Å²) in [5.74, 6) is 0.117. The zero-order valence-corrected chi connectivity index (χ0v) is 15.9. The summed E-state index contributed by atoms with van der Waals surface area (Å²) in [6, 6.07) is 10.9. The number of aromatic hydroxyl groups is 1. The van der Waals surface area contributed by atoms with Crippen molar-refractivity contribution in [2.45, 2.75) is 12.8 Å². The number of H-pyrrole nitrogens is 1. The molecule has 0 spiro atoms. The molecule has 0 aliphatic heterocycles. The third kappa shape index (κ3) is 3.49. The lowest BCUT2D eigenvalue weighted by Crippen LogP contribution is -2.19. The zero-order chi connectivity index (χ0) is 19.7. The maximum atomic E-state index is 12.9. The molecule has 1 heterocycles. The fourth-order valence-electron chi connectivity index (χ4n) is 3.35. The van der Waals surface area contributed by atoms with Gasteiger partial charge >= 0.3 is 0 Å². The fraction of sp³-hybridized carbons (Fsp3) is 0.182. The second kappa shape index (κ2) is 7.23. The molecule has 1 amide bonds. The van der Waals surface area contributed by atoms with Gasteiger partial charge in [-0.3, -0.25) is 9.89 Å². The van der Waals surface area contributed by atoms with Gasteiger partial charge in [0.25, 0.3) is 5.91 Å². The first-order valence-corrected chi connectivity index (χ1v) is 9.17. The van der Waals surface area contributed by atoms with E-state index in [4.69, 9.17) is 0 Å². The van der Waals surface area contributed by atoms with E-state index < -0.39 is 0 Å². The molecule has 1 aliphatic rings. The Morgan fingerprint density at radius 1 is 1.18 bits per heavy atom. The number of benzene rings is 2. The molecule has 1 aliphatic carbocycles. The topological polar surface area (TPSA) is 81.3 Å². The van der Waals surface area contributed by atoms with E-state index in [-0.39, 0.29) is 11.7 Å². The second-order valence-electron chi connectivity index (χ2n) is 7.09. The number of phenols is 1. The molecule has 0 radical (unpaired) electrons. The van der Waals surface area contributed by atoms with Gasteiger partial charge in [-0.1, -0.05) is 18.2 Å². The molecule has 142 valence electrons. The third-order valence-corrected chi connectivity index (χ3v) is 4.90. The Kier molecular flexibility index (Phi) is 4.61. The number of likely N-dealkylation sites (N-methyl/N-ethyl adjacent to an activating group) is 1. The molecule has 0 bridgehead atoms. The van der Waals surface area contributed by atoms with Crippen molar-refractivity contribution in [3.8, 4) is 16.9 Å². The van der Waals surface area contributed by atoms with Gasteiger partial charge in [0.15, 0.2) is 0 Å². The highest BCUT2D eigenvalue weighted by atomic mass is 16.3. The number of nitrogens with one attached hydrogen (secondary N) is 2. The Labute approximate surface area is 163 Å². The van der Waals surface area contributed by atoms with E-state index in [1.54, 1.807) is 18.3 Å². The standard InChI is InChI=1S/C22H22N4O2/c1-26(2)17-5-3-4-15(10-17)22(28)24-20-11-16(12-21-19(20)13-23-25-21)14-6-8-18(27)9-7-14/h5-13,27H,3-4H2,1-2H3,(H,23,25)(H,24,28). The van der Waals surface area contributed by atoms with Gasteiger partial charge < -0.3 is 15.3 Å². The molecule has 0 saturated heterocycles. The summed E-state index contributed by atoms with van der Waals surface area (Å²) in [5, 5.41) is 20.5. The first-order chi connectivity index (χ1) is 13.5. The Bertz CT molecular complexity index is 1090. The van der Waals surface area contributed by atoms with Crippen LogP contribution in [-0.2, 0) is 4.79 Å². The van der Waals surface area contributed by atoms with E-state index in [1.165, 1.54) is 0 Å². The predicted octanol–water partition coefficient (Wildman–Crippen LogP) is 4.04. The molecule has 0 atom stereocenters. The molecule has 6 heteroatoms. The van der Waals surface area contributed by atoms with Crippen molar-refractivity contribution >= 4 is 22.5 Å². The number of phenolic OH excluding ortho intramolecular Hbond substituents is 1. The number of nitrogens with zero attached hydrogens (tertiary/aromatic N) is 2. The van der Waals surface area contributed by atoms with Crippen molar-refractivity contribution in [3.63, 3.8) is 0 Å². The molecule has 3 aromatic rings. The van der Waals surface area contributed by atoms with Crippen LogP contribution in [0.25, 0.3) is 22.0 Å². The average molecular weight is 374 g/mol. The van der Waals surface area contributed by atoms with Gasteiger partial charge in [0.1, 0.15) is 5.75 Å². The summed E-state index contributed by atoms with van der Waals surface area (Å²) in [4.78, 5) is 14.9. The number of carbonyl (C=O) groups is 1. The molecule has 1 aromatic heterocycles. The molecule has 28 heavy (non-hydrogen) atoms.